The van der Waals surface area contributed by atoms with Gasteiger partial charge in [0.05, 0.1) is 24.2 Å². The summed E-state index contributed by atoms with van der Waals surface area (Å²) < 4.78 is 39.1. The van der Waals surface area contributed by atoms with Crippen molar-refractivity contribution in [2.75, 3.05) is 33.4 Å². The molecule has 0 N–H and O–H groups in total. The fourth-order valence-corrected chi connectivity index (χ4v) is 5.84. The molecule has 1 spiro atoms. The van der Waals surface area contributed by atoms with Crippen LogP contribution in [0.5, 0.6) is 5.75 Å². The zero-order valence-corrected chi connectivity index (χ0v) is 17.1. The maximum Gasteiger partial charge on any atom is 0.257 e. The maximum atomic E-state index is 13.2. The van der Waals surface area contributed by atoms with Gasteiger partial charge in [0.25, 0.3) is 5.91 Å². The van der Waals surface area contributed by atoms with E-state index in [4.69, 9.17) is 9.47 Å². The molecular formula is C21H24N2O5S. The number of amides is 1. The lowest BCUT2D eigenvalue weighted by atomic mass is 9.99. The molecule has 0 aliphatic carbocycles. The second-order valence-electron chi connectivity index (χ2n) is 7.18. The van der Waals surface area contributed by atoms with Crippen molar-refractivity contribution in [3.63, 3.8) is 0 Å². The molecule has 2 aromatic rings. The highest BCUT2D eigenvalue weighted by Crippen LogP contribution is 2.38. The van der Waals surface area contributed by atoms with Crippen molar-refractivity contribution in [1.82, 2.24) is 9.21 Å². The van der Waals surface area contributed by atoms with Crippen LogP contribution >= 0.6 is 0 Å². The Morgan fingerprint density at radius 1 is 1.00 bits per heavy atom. The molecule has 0 aromatic heterocycles. The summed E-state index contributed by atoms with van der Waals surface area (Å²) in [6.07, 6.45) is 0.861. The Morgan fingerprint density at radius 2 is 1.66 bits per heavy atom. The molecule has 29 heavy (non-hydrogen) atoms. The van der Waals surface area contributed by atoms with E-state index >= 15 is 0 Å². The second kappa shape index (κ2) is 7.78. The number of hydrogen-bond acceptors (Lipinski definition) is 5. The minimum absolute atomic E-state index is 0.118. The monoisotopic (exact) mass is 416 g/mol. The smallest absolute Gasteiger partial charge is 0.257 e. The zero-order chi connectivity index (χ0) is 20.5. The zero-order valence-electron chi connectivity index (χ0n) is 16.3. The molecular weight excluding hydrogens is 392 g/mol. The van der Waals surface area contributed by atoms with Crippen LogP contribution in [0.3, 0.4) is 0 Å². The summed E-state index contributed by atoms with van der Waals surface area (Å²) in [5.41, 5.74) is -0.390. The molecule has 8 heteroatoms. The first kappa shape index (κ1) is 19.9. The lowest BCUT2D eigenvalue weighted by molar-refractivity contribution is -0.0857. The van der Waals surface area contributed by atoms with Crippen LogP contribution in [0.25, 0.3) is 0 Å². The maximum absolute atomic E-state index is 13.2. The summed E-state index contributed by atoms with van der Waals surface area (Å²) in [4.78, 5) is 15.0. The first-order chi connectivity index (χ1) is 14.0. The highest BCUT2D eigenvalue weighted by Gasteiger charge is 2.51. The molecule has 1 amide bonds. The van der Waals surface area contributed by atoms with Gasteiger partial charge >= 0.3 is 0 Å². The molecule has 4 rings (SSSR count). The van der Waals surface area contributed by atoms with Crippen molar-refractivity contribution in [2.45, 2.75) is 23.5 Å². The van der Waals surface area contributed by atoms with E-state index in [2.05, 4.69) is 0 Å². The molecule has 2 aliphatic rings. The number of ether oxygens (including phenoxy) is 2. The number of carbonyl (C=O) groups excluding carboxylic acids is 1. The van der Waals surface area contributed by atoms with Gasteiger partial charge in [-0.1, -0.05) is 30.3 Å². The minimum Gasteiger partial charge on any atom is -0.496 e. The quantitative estimate of drug-likeness (QED) is 0.765. The van der Waals surface area contributed by atoms with Gasteiger partial charge in [-0.2, -0.15) is 4.31 Å². The number of sulfonamides is 1. The lowest BCUT2D eigenvalue weighted by Gasteiger charge is -2.42. The van der Waals surface area contributed by atoms with E-state index < -0.39 is 15.7 Å². The number of nitrogens with zero attached hydrogens (tertiary/aromatic N) is 2. The van der Waals surface area contributed by atoms with E-state index in [1.807, 2.05) is 6.07 Å². The Kier molecular flexibility index (Phi) is 5.33. The molecule has 0 radical (unpaired) electrons. The van der Waals surface area contributed by atoms with Crippen molar-refractivity contribution in [1.29, 1.82) is 0 Å². The highest BCUT2D eigenvalue weighted by atomic mass is 32.2. The van der Waals surface area contributed by atoms with Crippen LogP contribution in [0.2, 0.25) is 0 Å². The van der Waals surface area contributed by atoms with Gasteiger partial charge < -0.3 is 14.4 Å². The molecule has 2 aromatic carbocycles. The molecule has 0 saturated carbocycles. The third-order valence-electron chi connectivity index (χ3n) is 5.62. The predicted octanol–water partition coefficient (Wildman–Crippen LogP) is 2.35. The summed E-state index contributed by atoms with van der Waals surface area (Å²) in [5, 5.41) is 0. The number of methoxy groups -OCH3 is 1. The van der Waals surface area contributed by atoms with E-state index in [1.54, 1.807) is 53.4 Å². The largest absolute Gasteiger partial charge is 0.496 e. The molecule has 2 fully saturated rings. The summed E-state index contributed by atoms with van der Waals surface area (Å²) in [6, 6.07) is 15.5. The first-order valence-electron chi connectivity index (χ1n) is 9.62. The Morgan fingerprint density at radius 3 is 2.34 bits per heavy atom. The summed E-state index contributed by atoms with van der Waals surface area (Å²) >= 11 is 0. The fourth-order valence-electron chi connectivity index (χ4n) is 4.10. The van der Waals surface area contributed by atoms with Crippen LogP contribution in [-0.2, 0) is 14.8 Å². The molecule has 0 bridgehead atoms. The molecule has 2 heterocycles. The molecule has 2 saturated heterocycles. The molecule has 7 nitrogen and oxygen atoms in total. The third-order valence-corrected chi connectivity index (χ3v) is 7.58. The Bertz CT molecular complexity index is 985. The van der Waals surface area contributed by atoms with E-state index in [0.29, 0.717) is 50.4 Å². The average Bonchev–Trinajstić information content (AvgIpc) is 3.18. The number of hydrogen-bond donors (Lipinski definition) is 0. The summed E-state index contributed by atoms with van der Waals surface area (Å²) in [5.74, 6) is 0.413. The van der Waals surface area contributed by atoms with Crippen molar-refractivity contribution in [3.8, 4) is 5.75 Å². The minimum atomic E-state index is -3.66. The molecule has 0 unspecified atom stereocenters. The van der Waals surface area contributed by atoms with E-state index in [9.17, 15) is 13.2 Å². The van der Waals surface area contributed by atoms with Crippen molar-refractivity contribution < 1.29 is 22.7 Å². The van der Waals surface area contributed by atoms with Crippen molar-refractivity contribution >= 4 is 15.9 Å². The second-order valence-corrected chi connectivity index (χ2v) is 9.04. The standard InChI is InChI=1S/C21H24N2O5S/c1-27-19-10-6-5-9-18(19)20(24)22-13-11-21(12-14-22)23(15-16-28-21)29(25,26)17-7-3-2-4-8-17/h2-10H,11-16H2,1H3. The van der Waals surface area contributed by atoms with Crippen LogP contribution in [0.15, 0.2) is 59.5 Å². The summed E-state index contributed by atoms with van der Waals surface area (Å²) in [7, 11) is -2.12. The SMILES string of the molecule is COc1ccccc1C(=O)N1CCC2(CC1)OCCN2S(=O)(=O)c1ccccc1. The topological polar surface area (TPSA) is 76.2 Å². The van der Waals surface area contributed by atoms with Gasteiger partial charge in [0, 0.05) is 32.5 Å². The van der Waals surface area contributed by atoms with Crippen molar-refractivity contribution in [3.05, 3.63) is 60.2 Å². The fraction of sp³-hybridized carbons (Fsp3) is 0.381. The van der Waals surface area contributed by atoms with Gasteiger partial charge in [-0.3, -0.25) is 4.79 Å². The van der Waals surface area contributed by atoms with E-state index in [1.165, 1.54) is 11.4 Å². The summed E-state index contributed by atoms with van der Waals surface area (Å²) in [6.45, 7) is 1.50. The van der Waals surface area contributed by atoms with Gasteiger partial charge in [-0.25, -0.2) is 8.42 Å². The Balaban J connectivity index is 1.53. The average molecular weight is 416 g/mol. The van der Waals surface area contributed by atoms with E-state index in [0.717, 1.165) is 0 Å². The molecule has 0 atom stereocenters. The number of benzene rings is 2. The number of para-hydroxylation sites is 1. The van der Waals surface area contributed by atoms with E-state index in [-0.39, 0.29) is 10.8 Å². The van der Waals surface area contributed by atoms with Gasteiger partial charge in [-0.15, -0.1) is 0 Å². The van der Waals surface area contributed by atoms with Crippen LogP contribution in [0, 0.1) is 0 Å². The molecule has 154 valence electrons. The third kappa shape index (κ3) is 3.52. The van der Waals surface area contributed by atoms with Crippen LogP contribution in [0.4, 0.5) is 0 Å². The van der Waals surface area contributed by atoms with Crippen LogP contribution < -0.4 is 4.74 Å². The number of likely N-dealkylation sites (tertiary alicyclic amines) is 1. The van der Waals surface area contributed by atoms with Gasteiger partial charge in [0.1, 0.15) is 11.5 Å². The number of piperidine rings is 1. The van der Waals surface area contributed by atoms with Crippen LogP contribution in [-0.4, -0.2) is 62.6 Å². The lowest BCUT2D eigenvalue weighted by Crippen LogP contribution is -2.55. The van der Waals surface area contributed by atoms with Gasteiger partial charge in [0.2, 0.25) is 10.0 Å². The normalized spacial score (nSPS) is 19.4. The Hall–Kier alpha value is -2.42. The number of carbonyl (C=O) groups is 1. The van der Waals surface area contributed by atoms with Crippen molar-refractivity contribution in [2.24, 2.45) is 0 Å². The first-order valence-corrected chi connectivity index (χ1v) is 11.1. The predicted molar refractivity (Wildman–Crippen MR) is 107 cm³/mol. The molecule has 2 aliphatic heterocycles. The van der Waals surface area contributed by atoms with Crippen LogP contribution in [0.1, 0.15) is 23.2 Å². The van der Waals surface area contributed by atoms with Gasteiger partial charge in [-0.05, 0) is 24.3 Å². The highest BCUT2D eigenvalue weighted by molar-refractivity contribution is 7.89. The van der Waals surface area contributed by atoms with Gasteiger partial charge in [0.15, 0.2) is 0 Å². The Labute approximate surface area is 170 Å². The number of rotatable bonds is 4.